The summed E-state index contributed by atoms with van der Waals surface area (Å²) < 4.78 is 5.04. The Balaban J connectivity index is 2.66. The summed E-state index contributed by atoms with van der Waals surface area (Å²) >= 11 is 0. The van der Waals surface area contributed by atoms with Crippen LogP contribution in [0.1, 0.15) is 30.6 Å². The Labute approximate surface area is 108 Å². The van der Waals surface area contributed by atoms with Crippen LogP contribution < -0.4 is 5.32 Å². The van der Waals surface area contributed by atoms with E-state index in [0.717, 1.165) is 6.42 Å². The normalized spacial score (nSPS) is 12.4. The summed E-state index contributed by atoms with van der Waals surface area (Å²) in [6.07, 6.45) is 0.777. The Morgan fingerprint density at radius 3 is 2.72 bits per heavy atom. The first-order valence-corrected chi connectivity index (χ1v) is 6.13. The minimum atomic E-state index is -0.166. The molecule has 0 bridgehead atoms. The number of hydrogen-bond donors (Lipinski definition) is 2. The Bertz CT molecular complexity index is 390. The van der Waals surface area contributed by atoms with Gasteiger partial charge in [0.1, 0.15) is 5.75 Å². The van der Waals surface area contributed by atoms with Crippen LogP contribution in [-0.4, -0.2) is 30.8 Å². The second kappa shape index (κ2) is 7.01. The van der Waals surface area contributed by atoms with Crippen molar-refractivity contribution in [3.63, 3.8) is 0 Å². The number of amides is 1. The molecule has 0 saturated heterocycles. The molecule has 1 amide bonds. The minimum absolute atomic E-state index is 0.0693. The molecule has 0 radical (unpaired) electrons. The average Bonchev–Trinajstić information content (AvgIpc) is 2.33. The van der Waals surface area contributed by atoms with Crippen LogP contribution in [0.25, 0.3) is 0 Å². The molecule has 1 rings (SSSR count). The molecule has 0 aliphatic carbocycles. The van der Waals surface area contributed by atoms with E-state index in [1.54, 1.807) is 25.3 Å². The molecule has 0 fully saturated rings. The molecule has 0 aromatic heterocycles. The van der Waals surface area contributed by atoms with Crippen LogP contribution >= 0.6 is 0 Å². The van der Waals surface area contributed by atoms with E-state index in [1.807, 2.05) is 0 Å². The zero-order chi connectivity index (χ0) is 13.5. The number of nitrogens with one attached hydrogen (secondary N) is 1. The van der Waals surface area contributed by atoms with Gasteiger partial charge in [0.15, 0.2) is 0 Å². The number of methoxy groups -OCH3 is 1. The number of hydrogen-bond acceptors (Lipinski definition) is 3. The number of rotatable bonds is 6. The zero-order valence-corrected chi connectivity index (χ0v) is 11.1. The first-order valence-electron chi connectivity index (χ1n) is 6.13. The standard InChI is InChI=1S/C14H21NO3/c1-10(2)13(7-8-18-3)15-14(17)11-5-4-6-12(16)9-11/h4-6,9-10,13,16H,7-8H2,1-3H3,(H,15,17). The molecule has 0 aliphatic heterocycles. The van der Waals surface area contributed by atoms with Gasteiger partial charge in [-0.05, 0) is 30.5 Å². The summed E-state index contributed by atoms with van der Waals surface area (Å²) in [6.45, 7) is 4.73. The van der Waals surface area contributed by atoms with E-state index >= 15 is 0 Å². The van der Waals surface area contributed by atoms with Crippen molar-refractivity contribution in [1.29, 1.82) is 0 Å². The molecular formula is C14H21NO3. The van der Waals surface area contributed by atoms with Crippen LogP contribution in [0.4, 0.5) is 0 Å². The van der Waals surface area contributed by atoms with Gasteiger partial charge in [0, 0.05) is 25.3 Å². The molecule has 4 nitrogen and oxygen atoms in total. The molecule has 1 atom stereocenters. The summed E-state index contributed by atoms with van der Waals surface area (Å²) in [7, 11) is 1.65. The first kappa shape index (κ1) is 14.5. The van der Waals surface area contributed by atoms with E-state index < -0.39 is 0 Å². The first-order chi connectivity index (χ1) is 8.54. The summed E-state index contributed by atoms with van der Waals surface area (Å²) in [5.74, 6) is 0.266. The molecule has 4 heteroatoms. The van der Waals surface area contributed by atoms with Crippen LogP contribution in [0.2, 0.25) is 0 Å². The van der Waals surface area contributed by atoms with Crippen LogP contribution in [-0.2, 0) is 4.74 Å². The highest BCUT2D eigenvalue weighted by molar-refractivity contribution is 5.94. The van der Waals surface area contributed by atoms with Gasteiger partial charge in [-0.2, -0.15) is 0 Å². The monoisotopic (exact) mass is 251 g/mol. The Kier molecular flexibility index (Phi) is 5.65. The van der Waals surface area contributed by atoms with E-state index in [4.69, 9.17) is 4.74 Å². The third kappa shape index (κ3) is 4.37. The van der Waals surface area contributed by atoms with Crippen molar-refractivity contribution in [3.8, 4) is 5.75 Å². The predicted molar refractivity (Wildman–Crippen MR) is 70.7 cm³/mol. The molecule has 1 aromatic carbocycles. The Morgan fingerprint density at radius 2 is 2.17 bits per heavy atom. The third-order valence-corrected chi connectivity index (χ3v) is 2.86. The maximum atomic E-state index is 12.0. The van der Waals surface area contributed by atoms with E-state index in [1.165, 1.54) is 6.07 Å². The molecule has 1 unspecified atom stereocenters. The van der Waals surface area contributed by atoms with Crippen LogP contribution in [0.5, 0.6) is 5.75 Å². The van der Waals surface area contributed by atoms with Gasteiger partial charge in [-0.25, -0.2) is 0 Å². The van der Waals surface area contributed by atoms with Crippen molar-refractivity contribution < 1.29 is 14.6 Å². The SMILES string of the molecule is COCCC(NC(=O)c1cccc(O)c1)C(C)C. The van der Waals surface area contributed by atoms with Crippen molar-refractivity contribution in [3.05, 3.63) is 29.8 Å². The van der Waals surface area contributed by atoms with E-state index in [0.29, 0.717) is 18.1 Å². The van der Waals surface area contributed by atoms with Crippen molar-refractivity contribution >= 4 is 5.91 Å². The second-order valence-corrected chi connectivity index (χ2v) is 4.66. The number of phenolic OH excluding ortho intramolecular Hbond substituents is 1. The number of aromatic hydroxyl groups is 1. The van der Waals surface area contributed by atoms with Crippen molar-refractivity contribution in [2.45, 2.75) is 26.3 Å². The zero-order valence-electron chi connectivity index (χ0n) is 11.1. The summed E-state index contributed by atoms with van der Waals surface area (Å²) in [5, 5.41) is 12.3. The van der Waals surface area contributed by atoms with Crippen LogP contribution in [0.3, 0.4) is 0 Å². The van der Waals surface area contributed by atoms with E-state index in [-0.39, 0.29) is 17.7 Å². The van der Waals surface area contributed by atoms with E-state index in [9.17, 15) is 9.90 Å². The van der Waals surface area contributed by atoms with Crippen molar-refractivity contribution in [2.75, 3.05) is 13.7 Å². The van der Waals surface area contributed by atoms with Gasteiger partial charge in [-0.3, -0.25) is 4.79 Å². The minimum Gasteiger partial charge on any atom is -0.508 e. The maximum Gasteiger partial charge on any atom is 0.251 e. The van der Waals surface area contributed by atoms with Gasteiger partial charge in [0.05, 0.1) is 0 Å². The lowest BCUT2D eigenvalue weighted by atomic mass is 10.0. The fraction of sp³-hybridized carbons (Fsp3) is 0.500. The molecule has 100 valence electrons. The number of carbonyl (C=O) groups is 1. The molecule has 1 aromatic rings. The maximum absolute atomic E-state index is 12.0. The average molecular weight is 251 g/mol. The fourth-order valence-corrected chi connectivity index (χ4v) is 1.72. The van der Waals surface area contributed by atoms with Crippen molar-refractivity contribution in [2.24, 2.45) is 5.92 Å². The van der Waals surface area contributed by atoms with Crippen molar-refractivity contribution in [1.82, 2.24) is 5.32 Å². The molecule has 18 heavy (non-hydrogen) atoms. The number of phenols is 1. The lowest BCUT2D eigenvalue weighted by Crippen LogP contribution is -2.39. The third-order valence-electron chi connectivity index (χ3n) is 2.86. The van der Waals surface area contributed by atoms with E-state index in [2.05, 4.69) is 19.2 Å². The van der Waals surface area contributed by atoms with Gasteiger partial charge >= 0.3 is 0 Å². The van der Waals surface area contributed by atoms with Gasteiger partial charge in [-0.1, -0.05) is 19.9 Å². The molecule has 2 N–H and O–H groups in total. The quantitative estimate of drug-likeness (QED) is 0.814. The lowest BCUT2D eigenvalue weighted by molar-refractivity contribution is 0.0908. The predicted octanol–water partition coefficient (Wildman–Crippen LogP) is 2.18. The molecule has 0 saturated carbocycles. The highest BCUT2D eigenvalue weighted by Gasteiger charge is 2.17. The molecular weight excluding hydrogens is 230 g/mol. The highest BCUT2D eigenvalue weighted by Crippen LogP contribution is 2.12. The van der Waals surface area contributed by atoms with Crippen LogP contribution in [0.15, 0.2) is 24.3 Å². The molecule has 0 spiro atoms. The van der Waals surface area contributed by atoms with Gasteiger partial charge in [0.2, 0.25) is 0 Å². The van der Waals surface area contributed by atoms with Gasteiger partial charge in [0.25, 0.3) is 5.91 Å². The Hall–Kier alpha value is -1.55. The number of carbonyl (C=O) groups excluding carboxylic acids is 1. The largest absolute Gasteiger partial charge is 0.508 e. The topological polar surface area (TPSA) is 58.6 Å². The lowest BCUT2D eigenvalue weighted by Gasteiger charge is -2.22. The summed E-state index contributed by atoms with van der Waals surface area (Å²) in [4.78, 5) is 12.0. The van der Waals surface area contributed by atoms with Crippen LogP contribution in [0, 0.1) is 5.92 Å². The second-order valence-electron chi connectivity index (χ2n) is 4.66. The molecule has 0 aliphatic rings. The smallest absolute Gasteiger partial charge is 0.251 e. The number of ether oxygens (including phenoxy) is 1. The van der Waals surface area contributed by atoms with Gasteiger partial charge in [-0.15, -0.1) is 0 Å². The summed E-state index contributed by atoms with van der Waals surface area (Å²) in [6, 6.07) is 6.41. The highest BCUT2D eigenvalue weighted by atomic mass is 16.5. The van der Waals surface area contributed by atoms with Gasteiger partial charge < -0.3 is 15.2 Å². The number of benzene rings is 1. The molecule has 0 heterocycles. The summed E-state index contributed by atoms with van der Waals surface area (Å²) in [5.41, 5.74) is 0.470. The fourth-order valence-electron chi connectivity index (χ4n) is 1.72. The Morgan fingerprint density at radius 1 is 1.44 bits per heavy atom.